The number of aliphatic hydroxyl groups is 1. The summed E-state index contributed by atoms with van der Waals surface area (Å²) in [5.74, 6) is 0.902. The molecule has 2 saturated heterocycles. The zero-order valence-electron chi connectivity index (χ0n) is 13.9. The first kappa shape index (κ1) is 15.8. The van der Waals surface area contributed by atoms with E-state index in [9.17, 15) is 5.11 Å². The van der Waals surface area contributed by atoms with E-state index in [0.29, 0.717) is 6.54 Å². The molecule has 0 radical (unpaired) electrons. The molecule has 0 aromatic carbocycles. The molecule has 1 atom stereocenters. The molecule has 0 amide bonds. The van der Waals surface area contributed by atoms with Crippen LogP contribution in [0.15, 0.2) is 18.3 Å². The highest BCUT2D eigenvalue weighted by Gasteiger charge is 2.51. The van der Waals surface area contributed by atoms with Gasteiger partial charge in [-0.15, -0.1) is 0 Å². The predicted molar refractivity (Wildman–Crippen MR) is 87.4 cm³/mol. The molecule has 2 aliphatic rings. The largest absolute Gasteiger partial charge is 0.496 e. The van der Waals surface area contributed by atoms with Crippen LogP contribution in [-0.4, -0.2) is 47.6 Å². The van der Waals surface area contributed by atoms with Gasteiger partial charge in [0, 0.05) is 24.7 Å². The number of hydrogen-bond acceptors (Lipinski definition) is 5. The first-order valence-corrected chi connectivity index (χ1v) is 8.03. The molecule has 120 valence electrons. The fourth-order valence-electron chi connectivity index (χ4n) is 2.87. The summed E-state index contributed by atoms with van der Waals surface area (Å²) in [7, 11) is -0.376. The summed E-state index contributed by atoms with van der Waals surface area (Å²) in [6.45, 7) is 9.78. The van der Waals surface area contributed by atoms with Gasteiger partial charge in [-0.3, -0.25) is 0 Å². The molecule has 3 heterocycles. The van der Waals surface area contributed by atoms with Crippen molar-refractivity contribution in [3.63, 3.8) is 0 Å². The van der Waals surface area contributed by atoms with Crippen molar-refractivity contribution in [2.24, 2.45) is 0 Å². The highest BCUT2D eigenvalue weighted by molar-refractivity contribution is 6.62. The van der Waals surface area contributed by atoms with E-state index >= 15 is 0 Å². The van der Waals surface area contributed by atoms with E-state index in [2.05, 4.69) is 9.88 Å². The Bertz CT molecular complexity index is 517. The van der Waals surface area contributed by atoms with Crippen LogP contribution in [0.2, 0.25) is 0 Å². The van der Waals surface area contributed by atoms with Crippen LogP contribution in [0, 0.1) is 0 Å². The molecule has 3 rings (SSSR count). The zero-order valence-corrected chi connectivity index (χ0v) is 13.9. The Labute approximate surface area is 132 Å². The zero-order chi connectivity index (χ0) is 16.0. The minimum Gasteiger partial charge on any atom is -0.399 e. The lowest BCUT2D eigenvalue weighted by Crippen LogP contribution is -2.41. The van der Waals surface area contributed by atoms with Crippen molar-refractivity contribution in [3.8, 4) is 0 Å². The van der Waals surface area contributed by atoms with Crippen molar-refractivity contribution < 1.29 is 14.4 Å². The molecule has 0 spiro atoms. The number of hydrogen-bond donors (Lipinski definition) is 1. The lowest BCUT2D eigenvalue weighted by Gasteiger charge is -2.32. The summed E-state index contributed by atoms with van der Waals surface area (Å²) in [6.07, 6.45) is 3.45. The highest BCUT2D eigenvalue weighted by Crippen LogP contribution is 2.36. The van der Waals surface area contributed by atoms with Gasteiger partial charge in [-0.25, -0.2) is 4.98 Å². The van der Waals surface area contributed by atoms with Crippen LogP contribution in [0.25, 0.3) is 0 Å². The van der Waals surface area contributed by atoms with Crippen LogP contribution in [0.4, 0.5) is 5.82 Å². The number of pyridine rings is 1. The molecular weight excluding hydrogens is 279 g/mol. The molecule has 2 aliphatic heterocycles. The van der Waals surface area contributed by atoms with E-state index in [1.165, 1.54) is 0 Å². The van der Waals surface area contributed by atoms with Crippen molar-refractivity contribution in [2.45, 2.75) is 57.8 Å². The van der Waals surface area contributed by atoms with Crippen molar-refractivity contribution >= 4 is 18.4 Å². The van der Waals surface area contributed by atoms with Gasteiger partial charge in [0.1, 0.15) is 5.82 Å². The van der Waals surface area contributed by atoms with Gasteiger partial charge in [-0.05, 0) is 46.6 Å². The van der Waals surface area contributed by atoms with Crippen molar-refractivity contribution in [1.82, 2.24) is 4.98 Å². The molecule has 5 nitrogen and oxygen atoms in total. The van der Waals surface area contributed by atoms with Crippen LogP contribution >= 0.6 is 0 Å². The molecule has 22 heavy (non-hydrogen) atoms. The number of anilines is 1. The Morgan fingerprint density at radius 3 is 2.45 bits per heavy atom. The average Bonchev–Trinajstić information content (AvgIpc) is 2.68. The number of aromatic nitrogens is 1. The number of piperidine rings is 1. The molecule has 0 aliphatic carbocycles. The molecule has 1 unspecified atom stereocenters. The molecule has 1 aromatic rings. The summed E-state index contributed by atoms with van der Waals surface area (Å²) in [5.41, 5.74) is 0.251. The summed E-state index contributed by atoms with van der Waals surface area (Å²) < 4.78 is 12.1. The Morgan fingerprint density at radius 2 is 1.91 bits per heavy atom. The quantitative estimate of drug-likeness (QED) is 0.836. The molecular formula is C16H25BN2O3. The third kappa shape index (κ3) is 2.87. The first-order chi connectivity index (χ1) is 10.3. The molecule has 0 bridgehead atoms. The third-order valence-electron chi connectivity index (χ3n) is 5.02. The van der Waals surface area contributed by atoms with Gasteiger partial charge in [0.05, 0.1) is 17.3 Å². The summed E-state index contributed by atoms with van der Waals surface area (Å²) in [4.78, 5) is 6.66. The fraction of sp³-hybridized carbons (Fsp3) is 0.688. The second-order valence-electron chi connectivity index (χ2n) is 7.28. The van der Waals surface area contributed by atoms with Crippen LogP contribution in [0.5, 0.6) is 0 Å². The van der Waals surface area contributed by atoms with Crippen LogP contribution in [0.3, 0.4) is 0 Å². The molecule has 1 N–H and O–H groups in total. The van der Waals surface area contributed by atoms with E-state index < -0.39 is 0 Å². The normalized spacial score (nSPS) is 27.2. The Balaban J connectivity index is 1.72. The van der Waals surface area contributed by atoms with Crippen molar-refractivity contribution in [3.05, 3.63) is 18.3 Å². The molecule has 2 fully saturated rings. The van der Waals surface area contributed by atoms with E-state index in [4.69, 9.17) is 9.31 Å². The minimum atomic E-state index is -0.376. The Morgan fingerprint density at radius 1 is 1.23 bits per heavy atom. The van der Waals surface area contributed by atoms with E-state index in [0.717, 1.165) is 30.7 Å². The number of rotatable bonds is 2. The summed E-state index contributed by atoms with van der Waals surface area (Å²) in [5, 5.41) is 9.77. The number of aliphatic hydroxyl groups excluding tert-OH is 1. The first-order valence-electron chi connectivity index (χ1n) is 8.03. The van der Waals surface area contributed by atoms with Gasteiger partial charge in [-0.2, -0.15) is 0 Å². The lowest BCUT2D eigenvalue weighted by atomic mass is 9.80. The van der Waals surface area contributed by atoms with Crippen molar-refractivity contribution in [2.75, 3.05) is 18.0 Å². The lowest BCUT2D eigenvalue weighted by molar-refractivity contribution is 0.00578. The maximum absolute atomic E-state index is 9.77. The van der Waals surface area contributed by atoms with Gasteiger partial charge in [0.15, 0.2) is 0 Å². The van der Waals surface area contributed by atoms with Crippen LogP contribution in [-0.2, 0) is 9.31 Å². The number of β-amino-alcohol motifs (C(OH)–C–C–N with tert-alkyl or cyclic N) is 1. The number of nitrogens with zero attached hydrogens (tertiary/aromatic N) is 2. The second-order valence-corrected chi connectivity index (χ2v) is 7.28. The van der Waals surface area contributed by atoms with E-state index in [1.807, 2.05) is 46.0 Å². The monoisotopic (exact) mass is 304 g/mol. The third-order valence-corrected chi connectivity index (χ3v) is 5.02. The van der Waals surface area contributed by atoms with Gasteiger partial charge >= 0.3 is 7.12 Å². The van der Waals surface area contributed by atoms with E-state index in [-0.39, 0.29) is 24.4 Å². The van der Waals surface area contributed by atoms with Gasteiger partial charge < -0.3 is 19.3 Å². The molecule has 1 aromatic heterocycles. The summed E-state index contributed by atoms with van der Waals surface area (Å²) >= 11 is 0. The Hall–Kier alpha value is -1.11. The van der Waals surface area contributed by atoms with Gasteiger partial charge in [0.2, 0.25) is 0 Å². The van der Waals surface area contributed by atoms with Crippen LogP contribution < -0.4 is 10.4 Å². The smallest absolute Gasteiger partial charge is 0.399 e. The maximum Gasteiger partial charge on any atom is 0.496 e. The Kier molecular flexibility index (Phi) is 3.95. The maximum atomic E-state index is 9.77. The summed E-state index contributed by atoms with van der Waals surface area (Å²) in [6, 6.07) is 3.99. The van der Waals surface area contributed by atoms with Crippen LogP contribution in [0.1, 0.15) is 40.5 Å². The molecule has 6 heteroatoms. The van der Waals surface area contributed by atoms with Gasteiger partial charge in [-0.1, -0.05) is 6.07 Å². The molecule has 0 saturated carbocycles. The SMILES string of the molecule is CC1(C)OB(c2ccc(N3CCCC(O)C3)nc2)OC1(C)C. The predicted octanol–water partition coefficient (Wildman–Crippen LogP) is 1.34. The topological polar surface area (TPSA) is 54.8 Å². The van der Waals surface area contributed by atoms with E-state index in [1.54, 1.807) is 0 Å². The standard InChI is InChI=1S/C16H25BN2O3/c1-15(2)16(3,4)22-17(21-15)12-7-8-14(18-10-12)19-9-5-6-13(20)11-19/h7-8,10,13,20H,5-6,9,11H2,1-4H3. The van der Waals surface area contributed by atoms with Crippen molar-refractivity contribution in [1.29, 1.82) is 0 Å². The minimum absolute atomic E-state index is 0.252. The highest BCUT2D eigenvalue weighted by atomic mass is 16.7. The second kappa shape index (κ2) is 5.51. The fourth-order valence-corrected chi connectivity index (χ4v) is 2.87. The van der Waals surface area contributed by atoms with Gasteiger partial charge in [0.25, 0.3) is 0 Å². The average molecular weight is 304 g/mol.